The zero-order valence-electron chi connectivity index (χ0n) is 15.8. The van der Waals surface area contributed by atoms with Crippen molar-refractivity contribution in [1.29, 1.82) is 0 Å². The molecule has 144 valence electrons. The summed E-state index contributed by atoms with van der Waals surface area (Å²) in [6.45, 7) is 1.63. The minimum atomic E-state index is -0.259. The first-order valence-electron chi connectivity index (χ1n) is 9.47. The highest BCUT2D eigenvalue weighted by molar-refractivity contribution is 5.95. The second kappa shape index (κ2) is 7.94. The molecular weight excluding hydrogens is 355 g/mol. The number of rotatable bonds is 5. The van der Waals surface area contributed by atoms with E-state index in [2.05, 4.69) is 15.3 Å². The Bertz CT molecular complexity index is 967. The molecule has 1 aliphatic rings. The molecule has 1 N–H and O–H groups in total. The van der Waals surface area contributed by atoms with Gasteiger partial charge in [-0.1, -0.05) is 24.3 Å². The minimum absolute atomic E-state index is 0.0138. The minimum Gasteiger partial charge on any atom is -0.325 e. The monoisotopic (exact) mass is 378 g/mol. The smallest absolute Gasteiger partial charge is 0.241 e. The van der Waals surface area contributed by atoms with Crippen LogP contribution in [0.15, 0.2) is 60.9 Å². The summed E-state index contributed by atoms with van der Waals surface area (Å²) in [7, 11) is 1.89. The average molecular weight is 378 g/mol. The Labute approximate surface area is 163 Å². The molecule has 0 saturated carbocycles. The predicted octanol–water partition coefficient (Wildman–Crippen LogP) is 3.83. The van der Waals surface area contributed by atoms with Crippen molar-refractivity contribution in [2.24, 2.45) is 7.05 Å². The highest BCUT2D eigenvalue weighted by atomic mass is 19.1. The molecule has 6 heteroatoms. The van der Waals surface area contributed by atoms with Gasteiger partial charge in [-0.15, -0.1) is 0 Å². The van der Waals surface area contributed by atoms with Gasteiger partial charge in [0.2, 0.25) is 5.91 Å². The van der Waals surface area contributed by atoms with Crippen molar-refractivity contribution in [3.8, 4) is 11.1 Å². The van der Waals surface area contributed by atoms with Crippen molar-refractivity contribution in [3.05, 3.63) is 72.3 Å². The van der Waals surface area contributed by atoms with Gasteiger partial charge in [0.15, 0.2) is 0 Å². The van der Waals surface area contributed by atoms with E-state index in [0.717, 1.165) is 48.3 Å². The van der Waals surface area contributed by atoms with E-state index in [4.69, 9.17) is 0 Å². The van der Waals surface area contributed by atoms with Gasteiger partial charge in [0, 0.05) is 31.0 Å². The summed E-state index contributed by atoms with van der Waals surface area (Å²) in [6.07, 6.45) is 5.70. The molecule has 1 aliphatic heterocycles. The number of amides is 1. The first-order valence-corrected chi connectivity index (χ1v) is 9.47. The van der Waals surface area contributed by atoms with E-state index in [0.29, 0.717) is 0 Å². The molecule has 0 unspecified atom stereocenters. The topological polar surface area (TPSA) is 50.2 Å². The second-order valence-electron chi connectivity index (χ2n) is 7.23. The Morgan fingerprint density at radius 1 is 1.21 bits per heavy atom. The lowest BCUT2D eigenvalue weighted by molar-refractivity contribution is -0.120. The number of nitrogens with one attached hydrogen (secondary N) is 1. The molecule has 1 saturated heterocycles. The van der Waals surface area contributed by atoms with Crippen LogP contribution in [0.1, 0.15) is 18.4 Å². The Balaban J connectivity index is 1.41. The fourth-order valence-corrected chi connectivity index (χ4v) is 3.74. The molecule has 4 rings (SSSR count). The average Bonchev–Trinajstić information content (AvgIpc) is 3.31. The molecule has 0 radical (unpaired) electrons. The van der Waals surface area contributed by atoms with Gasteiger partial charge in [0.05, 0.1) is 12.2 Å². The van der Waals surface area contributed by atoms with E-state index >= 15 is 0 Å². The van der Waals surface area contributed by atoms with E-state index in [1.807, 2.05) is 49.8 Å². The van der Waals surface area contributed by atoms with Crippen molar-refractivity contribution >= 4 is 11.6 Å². The maximum atomic E-state index is 13.4. The fraction of sp³-hybridized carbons (Fsp3) is 0.273. The maximum absolute atomic E-state index is 13.4. The van der Waals surface area contributed by atoms with Gasteiger partial charge < -0.3 is 5.32 Å². The lowest BCUT2D eigenvalue weighted by atomic mass is 10.1. The third-order valence-electron chi connectivity index (χ3n) is 5.12. The quantitative estimate of drug-likeness (QED) is 0.734. The molecule has 1 aromatic heterocycles. The summed E-state index contributed by atoms with van der Waals surface area (Å²) >= 11 is 0. The Morgan fingerprint density at radius 2 is 2.04 bits per heavy atom. The fourth-order valence-electron chi connectivity index (χ4n) is 3.74. The highest BCUT2D eigenvalue weighted by Gasteiger charge is 2.30. The first-order chi connectivity index (χ1) is 13.6. The summed E-state index contributed by atoms with van der Waals surface area (Å²) < 4.78 is 15.2. The molecule has 2 aromatic carbocycles. The van der Waals surface area contributed by atoms with Crippen LogP contribution in [0.3, 0.4) is 0 Å². The predicted molar refractivity (Wildman–Crippen MR) is 107 cm³/mol. The van der Waals surface area contributed by atoms with Crippen molar-refractivity contribution in [2.75, 3.05) is 11.9 Å². The van der Waals surface area contributed by atoms with Crippen LogP contribution in [0.25, 0.3) is 11.1 Å². The molecule has 0 aliphatic carbocycles. The van der Waals surface area contributed by atoms with E-state index in [9.17, 15) is 9.18 Å². The number of carbonyl (C=O) groups excluding carboxylic acids is 1. The van der Waals surface area contributed by atoms with Crippen LogP contribution in [-0.4, -0.2) is 33.2 Å². The van der Waals surface area contributed by atoms with E-state index in [1.54, 1.807) is 10.7 Å². The summed E-state index contributed by atoms with van der Waals surface area (Å²) in [4.78, 5) is 15.0. The number of anilines is 1. The Hall–Kier alpha value is -2.99. The van der Waals surface area contributed by atoms with Gasteiger partial charge in [-0.2, -0.15) is 5.10 Å². The van der Waals surface area contributed by atoms with Crippen LogP contribution < -0.4 is 5.32 Å². The van der Waals surface area contributed by atoms with Crippen molar-refractivity contribution < 1.29 is 9.18 Å². The van der Waals surface area contributed by atoms with E-state index < -0.39 is 0 Å². The third kappa shape index (κ3) is 4.12. The van der Waals surface area contributed by atoms with Gasteiger partial charge >= 0.3 is 0 Å². The van der Waals surface area contributed by atoms with Crippen molar-refractivity contribution in [2.45, 2.75) is 25.4 Å². The van der Waals surface area contributed by atoms with Gasteiger partial charge in [0.1, 0.15) is 5.82 Å². The lowest BCUT2D eigenvalue weighted by Gasteiger charge is -2.23. The van der Waals surface area contributed by atoms with Gasteiger partial charge in [-0.25, -0.2) is 4.39 Å². The molecule has 1 atom stereocenters. The third-order valence-corrected chi connectivity index (χ3v) is 5.12. The number of aromatic nitrogens is 2. The molecule has 2 heterocycles. The van der Waals surface area contributed by atoms with Crippen LogP contribution in [-0.2, 0) is 18.4 Å². The number of hydrogen-bond acceptors (Lipinski definition) is 3. The first kappa shape index (κ1) is 18.4. The standard InChI is InChI=1S/C22H23FN4O/c1-26-14-16(13-24-26)15-27-11-3-6-21(27)22(28)25-20-9-7-17(8-10-20)18-4-2-5-19(23)12-18/h2,4-5,7-10,12-14,21H,3,6,11,15H2,1H3,(H,25,28)/t21-/m0/s1. The number of hydrogen-bond donors (Lipinski definition) is 1. The van der Waals surface area contributed by atoms with Crippen LogP contribution in [0.5, 0.6) is 0 Å². The van der Waals surface area contributed by atoms with Gasteiger partial charge in [-0.3, -0.25) is 14.4 Å². The number of carbonyl (C=O) groups is 1. The van der Waals surface area contributed by atoms with Gasteiger partial charge in [-0.05, 0) is 54.8 Å². The summed E-state index contributed by atoms with van der Waals surface area (Å²) in [5.41, 5.74) is 3.59. The summed E-state index contributed by atoms with van der Waals surface area (Å²) in [6, 6.07) is 13.9. The zero-order valence-corrected chi connectivity index (χ0v) is 15.8. The molecular formula is C22H23FN4O. The molecule has 1 fully saturated rings. The van der Waals surface area contributed by atoms with Crippen LogP contribution >= 0.6 is 0 Å². The number of aryl methyl sites for hydroxylation is 1. The SMILES string of the molecule is Cn1cc(CN2CCC[C@H]2C(=O)Nc2ccc(-c3cccc(F)c3)cc2)cn1. The highest BCUT2D eigenvalue weighted by Crippen LogP contribution is 2.24. The van der Waals surface area contributed by atoms with Crippen molar-refractivity contribution in [1.82, 2.24) is 14.7 Å². The molecule has 5 nitrogen and oxygen atoms in total. The van der Waals surface area contributed by atoms with Gasteiger partial charge in [0.25, 0.3) is 0 Å². The van der Waals surface area contributed by atoms with Crippen LogP contribution in [0.4, 0.5) is 10.1 Å². The number of halogens is 1. The normalized spacial score (nSPS) is 17.0. The van der Waals surface area contributed by atoms with E-state index in [-0.39, 0.29) is 17.8 Å². The number of benzene rings is 2. The Morgan fingerprint density at radius 3 is 2.75 bits per heavy atom. The zero-order chi connectivity index (χ0) is 19.5. The molecule has 28 heavy (non-hydrogen) atoms. The number of nitrogens with zero attached hydrogens (tertiary/aromatic N) is 3. The molecule has 0 spiro atoms. The maximum Gasteiger partial charge on any atom is 0.241 e. The van der Waals surface area contributed by atoms with Crippen LogP contribution in [0, 0.1) is 5.82 Å². The molecule has 0 bridgehead atoms. The molecule has 3 aromatic rings. The van der Waals surface area contributed by atoms with Crippen LogP contribution in [0.2, 0.25) is 0 Å². The second-order valence-corrected chi connectivity index (χ2v) is 7.23. The van der Waals surface area contributed by atoms with Crippen molar-refractivity contribution in [3.63, 3.8) is 0 Å². The lowest BCUT2D eigenvalue weighted by Crippen LogP contribution is -2.39. The Kier molecular flexibility index (Phi) is 5.21. The van der Waals surface area contributed by atoms with E-state index in [1.165, 1.54) is 12.1 Å². The number of likely N-dealkylation sites (tertiary alicyclic amines) is 1. The molecule has 1 amide bonds. The summed E-state index contributed by atoms with van der Waals surface area (Å²) in [5.74, 6) is -0.246. The largest absolute Gasteiger partial charge is 0.325 e. The summed E-state index contributed by atoms with van der Waals surface area (Å²) in [5, 5.41) is 7.22.